The first-order chi connectivity index (χ1) is 15.0. The van der Waals surface area contributed by atoms with Crippen molar-refractivity contribution in [2.75, 3.05) is 10.6 Å². The quantitative estimate of drug-likeness (QED) is 0.634. The van der Waals surface area contributed by atoms with Crippen molar-refractivity contribution in [1.29, 1.82) is 0 Å². The number of anilines is 2. The number of carbonyl (C=O) groups is 2. The Hall–Kier alpha value is -3.95. The van der Waals surface area contributed by atoms with Crippen LogP contribution >= 0.6 is 0 Å². The van der Waals surface area contributed by atoms with Crippen LogP contribution in [0.2, 0.25) is 0 Å². The maximum atomic E-state index is 13.4. The Morgan fingerprint density at radius 1 is 1.00 bits per heavy atom. The summed E-state index contributed by atoms with van der Waals surface area (Å²) in [4.78, 5) is 36.3. The first kappa shape index (κ1) is 22.7. The zero-order valence-corrected chi connectivity index (χ0v) is 17.4. The van der Waals surface area contributed by atoms with E-state index in [2.05, 4.69) is 15.7 Å². The Morgan fingerprint density at radius 2 is 1.69 bits per heavy atom. The molecule has 3 aromatic rings. The fourth-order valence-corrected chi connectivity index (χ4v) is 3.11. The lowest BCUT2D eigenvalue weighted by atomic mass is 10.1. The van der Waals surface area contributed by atoms with E-state index in [-0.39, 0.29) is 17.3 Å². The Labute approximate surface area is 180 Å². The number of aromatic nitrogens is 2. The summed E-state index contributed by atoms with van der Waals surface area (Å²) in [6.07, 6.45) is -4.65. The third kappa shape index (κ3) is 4.85. The van der Waals surface area contributed by atoms with Crippen LogP contribution in [0.15, 0.2) is 53.3 Å². The van der Waals surface area contributed by atoms with Crippen LogP contribution in [0.25, 0.3) is 5.69 Å². The summed E-state index contributed by atoms with van der Waals surface area (Å²) in [5.74, 6) is -1.13. The van der Waals surface area contributed by atoms with E-state index in [0.29, 0.717) is 16.9 Å². The molecule has 0 saturated carbocycles. The molecule has 2 aromatic carbocycles. The standard InChI is InChI=1S/C22H19F3N4O3/c1-12-10-15(8-9-17(12)26-14(3)30)27-21(32)20-19(31)11-13(2)29(28-20)18-7-5-4-6-16(18)22(23,24)25/h4-11H,1-3H3,(H,26,30)(H,27,32). The van der Waals surface area contributed by atoms with Crippen molar-refractivity contribution in [3.8, 4) is 5.69 Å². The molecule has 10 heteroatoms. The Morgan fingerprint density at radius 3 is 2.31 bits per heavy atom. The number of nitrogens with zero attached hydrogens (tertiary/aromatic N) is 2. The normalized spacial score (nSPS) is 11.2. The van der Waals surface area contributed by atoms with Crippen LogP contribution in [0.3, 0.4) is 0 Å². The molecule has 0 aliphatic rings. The van der Waals surface area contributed by atoms with Gasteiger partial charge in [0.05, 0.1) is 11.3 Å². The average Bonchev–Trinajstić information content (AvgIpc) is 2.69. The SMILES string of the molecule is CC(=O)Nc1ccc(NC(=O)c2nn(-c3ccccc3C(F)(F)F)c(C)cc2=O)cc1C. The number of alkyl halides is 3. The topological polar surface area (TPSA) is 93.1 Å². The monoisotopic (exact) mass is 444 g/mol. The second kappa shape index (κ2) is 8.66. The number of nitrogens with one attached hydrogen (secondary N) is 2. The van der Waals surface area contributed by atoms with E-state index in [1.165, 1.54) is 38.1 Å². The van der Waals surface area contributed by atoms with Crippen LogP contribution < -0.4 is 16.1 Å². The summed E-state index contributed by atoms with van der Waals surface area (Å²) in [6, 6.07) is 10.5. The third-order valence-electron chi connectivity index (χ3n) is 4.56. The highest BCUT2D eigenvalue weighted by molar-refractivity contribution is 6.03. The summed E-state index contributed by atoms with van der Waals surface area (Å²) >= 11 is 0. The van der Waals surface area contributed by atoms with Gasteiger partial charge in [-0.05, 0) is 49.7 Å². The van der Waals surface area contributed by atoms with Crippen molar-refractivity contribution >= 4 is 23.2 Å². The van der Waals surface area contributed by atoms with Gasteiger partial charge in [0.2, 0.25) is 11.3 Å². The molecule has 166 valence electrons. The number of rotatable bonds is 4. The molecule has 0 aliphatic carbocycles. The number of amides is 2. The second-order valence-electron chi connectivity index (χ2n) is 7.09. The summed E-state index contributed by atoms with van der Waals surface area (Å²) in [7, 11) is 0. The van der Waals surface area contributed by atoms with Gasteiger partial charge in [0, 0.05) is 30.1 Å². The number of halogens is 3. The lowest BCUT2D eigenvalue weighted by Gasteiger charge is -2.16. The van der Waals surface area contributed by atoms with E-state index in [9.17, 15) is 27.6 Å². The molecular weight excluding hydrogens is 425 g/mol. The maximum Gasteiger partial charge on any atom is 0.418 e. The minimum absolute atomic E-state index is 0.138. The molecule has 1 aromatic heterocycles. The zero-order chi connectivity index (χ0) is 23.6. The van der Waals surface area contributed by atoms with Gasteiger partial charge in [-0.2, -0.15) is 18.3 Å². The predicted octanol–water partition coefficient (Wildman–Crippen LogP) is 4.08. The van der Waals surface area contributed by atoms with Gasteiger partial charge in [0.1, 0.15) is 0 Å². The molecule has 0 atom stereocenters. The fraction of sp³-hybridized carbons (Fsp3) is 0.182. The molecule has 1 heterocycles. The lowest BCUT2D eigenvalue weighted by Crippen LogP contribution is -2.27. The molecule has 0 spiro atoms. The molecule has 7 nitrogen and oxygen atoms in total. The van der Waals surface area contributed by atoms with Crippen LogP contribution in [0, 0.1) is 13.8 Å². The van der Waals surface area contributed by atoms with Gasteiger partial charge < -0.3 is 10.6 Å². The summed E-state index contributed by atoms with van der Waals surface area (Å²) in [5.41, 5.74) is -0.869. The smallest absolute Gasteiger partial charge is 0.326 e. The molecule has 0 aliphatic heterocycles. The zero-order valence-electron chi connectivity index (χ0n) is 17.4. The third-order valence-corrected chi connectivity index (χ3v) is 4.56. The van der Waals surface area contributed by atoms with E-state index in [4.69, 9.17) is 0 Å². The van der Waals surface area contributed by atoms with E-state index >= 15 is 0 Å². The number of aryl methyl sites for hydroxylation is 2. The first-order valence-corrected chi connectivity index (χ1v) is 9.44. The van der Waals surface area contributed by atoms with Gasteiger partial charge in [-0.25, -0.2) is 4.68 Å². The van der Waals surface area contributed by atoms with Crippen LogP contribution in [-0.2, 0) is 11.0 Å². The van der Waals surface area contributed by atoms with Crippen molar-refractivity contribution in [1.82, 2.24) is 9.78 Å². The molecule has 3 rings (SSSR count). The van der Waals surface area contributed by atoms with Crippen molar-refractivity contribution in [3.63, 3.8) is 0 Å². The molecule has 2 N–H and O–H groups in total. The van der Waals surface area contributed by atoms with Crippen molar-refractivity contribution < 1.29 is 22.8 Å². The highest BCUT2D eigenvalue weighted by atomic mass is 19.4. The van der Waals surface area contributed by atoms with E-state index in [0.717, 1.165) is 16.8 Å². The van der Waals surface area contributed by atoms with Gasteiger partial charge in [-0.1, -0.05) is 12.1 Å². The summed E-state index contributed by atoms with van der Waals surface area (Å²) in [6.45, 7) is 4.50. The molecule has 2 amide bonds. The number of hydrogen-bond donors (Lipinski definition) is 2. The van der Waals surface area contributed by atoms with Crippen LogP contribution in [-0.4, -0.2) is 21.6 Å². The number of para-hydroxylation sites is 1. The highest BCUT2D eigenvalue weighted by Gasteiger charge is 2.34. The molecule has 0 unspecified atom stereocenters. The predicted molar refractivity (Wildman–Crippen MR) is 113 cm³/mol. The summed E-state index contributed by atoms with van der Waals surface area (Å²) < 4.78 is 41.2. The van der Waals surface area contributed by atoms with Crippen molar-refractivity contribution in [3.05, 3.63) is 81.3 Å². The minimum Gasteiger partial charge on any atom is -0.326 e. The van der Waals surface area contributed by atoms with Gasteiger partial charge >= 0.3 is 6.18 Å². The Bertz CT molecular complexity index is 1270. The van der Waals surface area contributed by atoms with E-state index < -0.39 is 28.8 Å². The molecule has 0 saturated heterocycles. The van der Waals surface area contributed by atoms with Crippen molar-refractivity contribution in [2.24, 2.45) is 0 Å². The van der Waals surface area contributed by atoms with E-state index in [1.807, 2.05) is 0 Å². The molecule has 0 bridgehead atoms. The van der Waals surface area contributed by atoms with Crippen LogP contribution in [0.4, 0.5) is 24.5 Å². The van der Waals surface area contributed by atoms with Gasteiger partial charge in [0.25, 0.3) is 5.91 Å². The maximum absolute atomic E-state index is 13.4. The highest BCUT2D eigenvalue weighted by Crippen LogP contribution is 2.33. The first-order valence-electron chi connectivity index (χ1n) is 9.44. The molecule has 32 heavy (non-hydrogen) atoms. The average molecular weight is 444 g/mol. The van der Waals surface area contributed by atoms with Gasteiger partial charge in [-0.3, -0.25) is 14.4 Å². The lowest BCUT2D eigenvalue weighted by molar-refractivity contribution is -0.137. The fourth-order valence-electron chi connectivity index (χ4n) is 3.11. The van der Waals surface area contributed by atoms with Gasteiger partial charge in [0.15, 0.2) is 5.69 Å². The largest absolute Gasteiger partial charge is 0.418 e. The number of carbonyl (C=O) groups excluding carboxylic acids is 2. The number of benzene rings is 2. The van der Waals surface area contributed by atoms with E-state index in [1.54, 1.807) is 19.1 Å². The Balaban J connectivity index is 1.99. The molecule has 0 radical (unpaired) electrons. The van der Waals surface area contributed by atoms with Crippen LogP contribution in [0.5, 0.6) is 0 Å². The molecule has 0 fully saturated rings. The summed E-state index contributed by atoms with van der Waals surface area (Å²) in [5, 5.41) is 9.07. The second-order valence-corrected chi connectivity index (χ2v) is 7.09. The minimum atomic E-state index is -4.65. The Kier molecular flexibility index (Phi) is 6.15. The number of hydrogen-bond acceptors (Lipinski definition) is 4. The van der Waals surface area contributed by atoms with Crippen molar-refractivity contribution in [2.45, 2.75) is 26.9 Å². The van der Waals surface area contributed by atoms with Crippen LogP contribution in [0.1, 0.15) is 34.2 Å². The van der Waals surface area contributed by atoms with Gasteiger partial charge in [-0.15, -0.1) is 0 Å². The molecular formula is C22H19F3N4O3.